The Kier molecular flexibility index (Phi) is 6.23. The highest BCUT2D eigenvalue weighted by Gasteiger charge is 2.36. The maximum atomic E-state index is 13.1. The topological polar surface area (TPSA) is 43.4 Å². The molecule has 1 aliphatic rings. The number of Topliss-reactive ketones (excluding diaryl/α,β-unsaturated/α-hetero) is 1. The molecule has 0 saturated carbocycles. The zero-order valence-electron chi connectivity index (χ0n) is 17.5. The highest BCUT2D eigenvalue weighted by Crippen LogP contribution is 2.44. The standard InChI is InChI=1S/C28H24O3/c1-2-31-28(30)27-24(21-14-8-4-9-15-21)18-23(20-12-6-3-7-13-20)25(27)19-26(29)22-16-10-5-11-17-22/h3-18,25H,2,19H2,1H3. The van der Waals surface area contributed by atoms with E-state index < -0.39 is 0 Å². The van der Waals surface area contributed by atoms with Crippen molar-refractivity contribution in [3.63, 3.8) is 0 Å². The number of benzene rings is 3. The molecular weight excluding hydrogens is 384 g/mol. The fourth-order valence-electron chi connectivity index (χ4n) is 4.05. The van der Waals surface area contributed by atoms with Crippen LogP contribution in [-0.2, 0) is 9.53 Å². The van der Waals surface area contributed by atoms with E-state index in [4.69, 9.17) is 4.74 Å². The first kappa shape index (κ1) is 20.5. The largest absolute Gasteiger partial charge is 0.463 e. The van der Waals surface area contributed by atoms with Gasteiger partial charge in [0.2, 0.25) is 0 Å². The minimum absolute atomic E-state index is 0.00328. The number of ketones is 1. The zero-order chi connectivity index (χ0) is 21.6. The number of hydrogen-bond acceptors (Lipinski definition) is 3. The summed E-state index contributed by atoms with van der Waals surface area (Å²) < 4.78 is 5.44. The lowest BCUT2D eigenvalue weighted by atomic mass is 9.85. The van der Waals surface area contributed by atoms with Crippen LogP contribution in [-0.4, -0.2) is 18.4 Å². The first-order valence-electron chi connectivity index (χ1n) is 10.5. The van der Waals surface area contributed by atoms with Gasteiger partial charge in [0.1, 0.15) is 0 Å². The van der Waals surface area contributed by atoms with Crippen molar-refractivity contribution in [1.29, 1.82) is 0 Å². The molecule has 0 aliphatic heterocycles. The Hall–Kier alpha value is -3.72. The summed E-state index contributed by atoms with van der Waals surface area (Å²) in [5, 5.41) is 0. The molecule has 3 aromatic rings. The molecule has 0 fully saturated rings. The maximum absolute atomic E-state index is 13.1. The van der Waals surface area contributed by atoms with Gasteiger partial charge in [-0.15, -0.1) is 0 Å². The van der Waals surface area contributed by atoms with Gasteiger partial charge in [0.15, 0.2) is 5.78 Å². The van der Waals surface area contributed by atoms with E-state index in [9.17, 15) is 9.59 Å². The second kappa shape index (κ2) is 9.40. The molecule has 0 aromatic heterocycles. The lowest BCUT2D eigenvalue weighted by Crippen LogP contribution is -2.19. The van der Waals surface area contributed by atoms with Crippen LogP contribution in [0.15, 0.2) is 103 Å². The van der Waals surface area contributed by atoms with Gasteiger partial charge in [-0.2, -0.15) is 0 Å². The van der Waals surface area contributed by atoms with Gasteiger partial charge in [-0.3, -0.25) is 4.79 Å². The van der Waals surface area contributed by atoms with Gasteiger partial charge in [-0.05, 0) is 35.3 Å². The molecule has 0 amide bonds. The van der Waals surface area contributed by atoms with Crippen LogP contribution in [0.3, 0.4) is 0 Å². The van der Waals surface area contributed by atoms with Crippen molar-refractivity contribution in [3.05, 3.63) is 119 Å². The van der Waals surface area contributed by atoms with E-state index in [0.29, 0.717) is 11.1 Å². The van der Waals surface area contributed by atoms with Crippen LogP contribution in [0.4, 0.5) is 0 Å². The second-order valence-electron chi connectivity index (χ2n) is 7.43. The monoisotopic (exact) mass is 408 g/mol. The minimum Gasteiger partial charge on any atom is -0.463 e. The molecule has 0 saturated heterocycles. The lowest BCUT2D eigenvalue weighted by Gasteiger charge is -2.19. The second-order valence-corrected chi connectivity index (χ2v) is 7.43. The smallest absolute Gasteiger partial charge is 0.335 e. The van der Waals surface area contributed by atoms with Crippen molar-refractivity contribution in [2.24, 2.45) is 5.92 Å². The summed E-state index contributed by atoms with van der Waals surface area (Å²) in [4.78, 5) is 26.3. The molecule has 1 unspecified atom stereocenters. The summed E-state index contributed by atoms with van der Waals surface area (Å²) in [5.41, 5.74) is 4.92. The van der Waals surface area contributed by atoms with Gasteiger partial charge < -0.3 is 4.74 Å². The SMILES string of the molecule is CCOC(=O)C1=C(c2ccccc2)C=C(c2ccccc2)C1CC(=O)c1ccccc1. The Bertz CT molecular complexity index is 1130. The zero-order valence-corrected chi connectivity index (χ0v) is 17.5. The lowest BCUT2D eigenvalue weighted by molar-refractivity contribution is -0.138. The number of carbonyl (C=O) groups excluding carboxylic acids is 2. The summed E-state index contributed by atoms with van der Waals surface area (Å²) in [6, 6.07) is 29.0. The highest BCUT2D eigenvalue weighted by molar-refractivity contribution is 6.10. The van der Waals surface area contributed by atoms with Crippen molar-refractivity contribution in [1.82, 2.24) is 0 Å². The van der Waals surface area contributed by atoms with Gasteiger partial charge in [0.25, 0.3) is 0 Å². The van der Waals surface area contributed by atoms with Gasteiger partial charge in [0.05, 0.1) is 12.2 Å². The molecule has 31 heavy (non-hydrogen) atoms. The predicted molar refractivity (Wildman–Crippen MR) is 123 cm³/mol. The molecule has 0 N–H and O–H groups in total. The maximum Gasteiger partial charge on any atom is 0.335 e. The van der Waals surface area contributed by atoms with Crippen LogP contribution in [0.25, 0.3) is 11.1 Å². The summed E-state index contributed by atoms with van der Waals surface area (Å²) in [5.74, 6) is -0.734. The number of rotatable bonds is 7. The molecular formula is C28H24O3. The van der Waals surface area contributed by atoms with Gasteiger partial charge in [-0.25, -0.2) is 4.79 Å². The third-order valence-corrected chi connectivity index (χ3v) is 5.49. The molecule has 0 spiro atoms. The number of allylic oxidation sites excluding steroid dienone is 3. The molecule has 0 radical (unpaired) electrons. The Morgan fingerprint density at radius 1 is 0.774 bits per heavy atom. The van der Waals surface area contributed by atoms with Crippen LogP contribution < -0.4 is 0 Å². The molecule has 3 heteroatoms. The molecule has 3 aromatic carbocycles. The summed E-state index contributed by atoms with van der Waals surface area (Å²) in [6.45, 7) is 2.08. The first-order valence-corrected chi connectivity index (χ1v) is 10.5. The van der Waals surface area contributed by atoms with Crippen LogP contribution in [0, 0.1) is 5.92 Å². The molecule has 154 valence electrons. The van der Waals surface area contributed by atoms with E-state index in [-0.39, 0.29) is 30.7 Å². The fraction of sp³-hybridized carbons (Fsp3) is 0.143. The van der Waals surface area contributed by atoms with Gasteiger partial charge in [-0.1, -0.05) is 91.0 Å². The summed E-state index contributed by atoms with van der Waals surface area (Å²) in [7, 11) is 0. The summed E-state index contributed by atoms with van der Waals surface area (Å²) in [6.07, 6.45) is 2.25. The first-order chi connectivity index (χ1) is 15.2. The predicted octanol–water partition coefficient (Wildman–Crippen LogP) is 5.99. The number of esters is 1. The van der Waals surface area contributed by atoms with E-state index in [1.165, 1.54) is 0 Å². The van der Waals surface area contributed by atoms with Crippen molar-refractivity contribution in [2.75, 3.05) is 6.61 Å². The van der Waals surface area contributed by atoms with Crippen molar-refractivity contribution in [2.45, 2.75) is 13.3 Å². The number of carbonyl (C=O) groups is 2. The van der Waals surface area contributed by atoms with E-state index in [0.717, 1.165) is 22.3 Å². The van der Waals surface area contributed by atoms with E-state index >= 15 is 0 Å². The van der Waals surface area contributed by atoms with Gasteiger partial charge >= 0.3 is 5.97 Å². The van der Waals surface area contributed by atoms with E-state index in [2.05, 4.69) is 0 Å². The average molecular weight is 408 g/mol. The Labute approximate surface area is 182 Å². The van der Waals surface area contributed by atoms with Crippen molar-refractivity contribution in [3.8, 4) is 0 Å². The molecule has 4 rings (SSSR count). The van der Waals surface area contributed by atoms with Crippen LogP contribution in [0.1, 0.15) is 34.8 Å². The summed E-state index contributed by atoms with van der Waals surface area (Å²) >= 11 is 0. The van der Waals surface area contributed by atoms with E-state index in [1.54, 1.807) is 6.92 Å². The normalized spacial score (nSPS) is 15.5. The third-order valence-electron chi connectivity index (χ3n) is 5.49. The van der Waals surface area contributed by atoms with E-state index in [1.807, 2.05) is 97.1 Å². The molecule has 1 atom stereocenters. The average Bonchev–Trinajstić information content (AvgIpc) is 3.20. The Morgan fingerprint density at radius 3 is 1.90 bits per heavy atom. The van der Waals surface area contributed by atoms with Crippen molar-refractivity contribution >= 4 is 22.9 Å². The molecule has 0 heterocycles. The van der Waals surface area contributed by atoms with Crippen LogP contribution in [0.5, 0.6) is 0 Å². The fourth-order valence-corrected chi connectivity index (χ4v) is 4.05. The number of hydrogen-bond donors (Lipinski definition) is 0. The Balaban J connectivity index is 1.83. The van der Waals surface area contributed by atoms with Crippen molar-refractivity contribution < 1.29 is 14.3 Å². The van der Waals surface area contributed by atoms with Gasteiger partial charge in [0, 0.05) is 17.9 Å². The molecule has 0 bridgehead atoms. The molecule has 1 aliphatic carbocycles. The highest BCUT2D eigenvalue weighted by atomic mass is 16.5. The third kappa shape index (κ3) is 4.41. The quantitative estimate of drug-likeness (QED) is 0.356. The Morgan fingerprint density at radius 2 is 1.32 bits per heavy atom. The van der Waals surface area contributed by atoms with Crippen LogP contribution in [0.2, 0.25) is 0 Å². The molecule has 3 nitrogen and oxygen atoms in total. The minimum atomic E-state index is -0.371. The van der Waals surface area contributed by atoms with Crippen LogP contribution >= 0.6 is 0 Å². The number of ether oxygens (including phenoxy) is 1.